The van der Waals surface area contributed by atoms with Gasteiger partial charge in [0.2, 0.25) is 0 Å². The Labute approximate surface area is 155 Å². The van der Waals surface area contributed by atoms with Crippen molar-refractivity contribution in [3.05, 3.63) is 59.7 Å². The molecule has 1 N–H and O–H groups in total. The van der Waals surface area contributed by atoms with Gasteiger partial charge in [0.1, 0.15) is 11.6 Å². The van der Waals surface area contributed by atoms with E-state index in [-0.39, 0.29) is 13.0 Å². The molecule has 1 unspecified atom stereocenters. The van der Waals surface area contributed by atoms with Crippen molar-refractivity contribution in [2.24, 2.45) is 0 Å². The summed E-state index contributed by atoms with van der Waals surface area (Å²) in [7, 11) is 0. The molecule has 0 heterocycles. The van der Waals surface area contributed by atoms with Gasteiger partial charge in [-0.1, -0.05) is 48.6 Å². The van der Waals surface area contributed by atoms with Crippen molar-refractivity contribution in [1.29, 1.82) is 0 Å². The average molecular weight is 357 g/mol. The standard InChI is InChI=1S/C21H27NO4/c1-21(2,3)26-20(25)22(15-17-12-8-5-9-13-17)18(19(23)24)14-16-10-6-4-7-11-16/h4,6-8,10-13,18H,5,9,14-15H2,1-3H3,(H,23,24). The number of benzene rings is 1. The molecular formula is C21H27NO4. The van der Waals surface area contributed by atoms with E-state index < -0.39 is 23.7 Å². The van der Waals surface area contributed by atoms with Gasteiger partial charge in [-0.05, 0) is 44.7 Å². The second-order valence-corrected chi connectivity index (χ2v) is 7.41. The number of aliphatic carboxylic acids is 1. The van der Waals surface area contributed by atoms with E-state index in [1.165, 1.54) is 4.90 Å². The number of hydrogen-bond donors (Lipinski definition) is 1. The molecule has 2 rings (SSSR count). The van der Waals surface area contributed by atoms with Gasteiger partial charge < -0.3 is 9.84 Å². The van der Waals surface area contributed by atoms with Crippen LogP contribution in [0.5, 0.6) is 0 Å². The Kier molecular flexibility index (Phi) is 6.61. The van der Waals surface area contributed by atoms with Crippen LogP contribution in [0.15, 0.2) is 54.1 Å². The van der Waals surface area contributed by atoms with E-state index in [0.717, 1.165) is 24.0 Å². The van der Waals surface area contributed by atoms with E-state index in [0.29, 0.717) is 0 Å². The predicted molar refractivity (Wildman–Crippen MR) is 101 cm³/mol. The zero-order chi connectivity index (χ0) is 19.2. The van der Waals surface area contributed by atoms with Crippen molar-refractivity contribution in [2.45, 2.75) is 51.7 Å². The Hall–Kier alpha value is -2.56. The molecule has 0 radical (unpaired) electrons. The van der Waals surface area contributed by atoms with Crippen LogP contribution in [0.25, 0.3) is 0 Å². The smallest absolute Gasteiger partial charge is 0.411 e. The maximum absolute atomic E-state index is 12.8. The van der Waals surface area contributed by atoms with Gasteiger partial charge >= 0.3 is 12.1 Å². The zero-order valence-electron chi connectivity index (χ0n) is 15.6. The van der Waals surface area contributed by atoms with Crippen LogP contribution in [0.3, 0.4) is 0 Å². The number of ether oxygens (including phenoxy) is 1. The molecule has 0 fully saturated rings. The minimum atomic E-state index is -1.04. The van der Waals surface area contributed by atoms with Gasteiger partial charge in [-0.2, -0.15) is 0 Å². The highest BCUT2D eigenvalue weighted by molar-refractivity contribution is 5.81. The van der Waals surface area contributed by atoms with Crippen molar-refractivity contribution in [3.63, 3.8) is 0 Å². The van der Waals surface area contributed by atoms with E-state index in [1.807, 2.05) is 48.6 Å². The van der Waals surface area contributed by atoms with Crippen LogP contribution >= 0.6 is 0 Å². The third kappa shape index (κ3) is 6.06. The molecule has 0 saturated heterocycles. The number of hydrogen-bond acceptors (Lipinski definition) is 3. The van der Waals surface area contributed by atoms with Gasteiger partial charge in [-0.25, -0.2) is 9.59 Å². The van der Waals surface area contributed by atoms with Gasteiger partial charge in [-0.3, -0.25) is 4.90 Å². The molecule has 1 atom stereocenters. The van der Waals surface area contributed by atoms with E-state index in [2.05, 4.69) is 0 Å². The second-order valence-electron chi connectivity index (χ2n) is 7.41. The van der Waals surface area contributed by atoms with Crippen molar-refractivity contribution >= 4 is 12.1 Å². The van der Waals surface area contributed by atoms with Gasteiger partial charge in [-0.15, -0.1) is 0 Å². The Morgan fingerprint density at radius 3 is 2.42 bits per heavy atom. The van der Waals surface area contributed by atoms with E-state index in [9.17, 15) is 14.7 Å². The lowest BCUT2D eigenvalue weighted by molar-refractivity contribution is -0.143. The maximum Gasteiger partial charge on any atom is 0.411 e. The molecular weight excluding hydrogens is 330 g/mol. The van der Waals surface area contributed by atoms with Gasteiger partial charge in [0.05, 0.1) is 0 Å². The lowest BCUT2D eigenvalue weighted by atomic mass is 10.0. The third-order valence-electron chi connectivity index (χ3n) is 3.99. The number of carbonyl (C=O) groups excluding carboxylic acids is 1. The summed E-state index contributed by atoms with van der Waals surface area (Å²) in [5.74, 6) is -1.04. The monoisotopic (exact) mass is 357 g/mol. The molecule has 1 aromatic carbocycles. The van der Waals surface area contributed by atoms with E-state index >= 15 is 0 Å². The SMILES string of the molecule is CC(C)(C)OC(=O)N(CC1=CCCC=C1)C(Cc1ccccc1)C(=O)O. The van der Waals surface area contributed by atoms with E-state index in [4.69, 9.17) is 4.74 Å². The number of carboxylic acid groups (broad SMARTS) is 1. The van der Waals surface area contributed by atoms with Crippen LogP contribution < -0.4 is 0 Å². The van der Waals surface area contributed by atoms with Crippen LogP contribution in [0.4, 0.5) is 4.79 Å². The molecule has 26 heavy (non-hydrogen) atoms. The van der Waals surface area contributed by atoms with Gasteiger partial charge in [0.15, 0.2) is 0 Å². The third-order valence-corrected chi connectivity index (χ3v) is 3.99. The Bertz CT molecular complexity index is 686. The first-order valence-corrected chi connectivity index (χ1v) is 8.88. The van der Waals surface area contributed by atoms with Crippen molar-refractivity contribution in [2.75, 3.05) is 6.54 Å². The van der Waals surface area contributed by atoms with Crippen LogP contribution in [0.2, 0.25) is 0 Å². The van der Waals surface area contributed by atoms with Crippen molar-refractivity contribution in [1.82, 2.24) is 4.90 Å². The fourth-order valence-corrected chi connectivity index (χ4v) is 2.77. The fraction of sp³-hybridized carbons (Fsp3) is 0.429. The van der Waals surface area contributed by atoms with Crippen LogP contribution in [0, 0.1) is 0 Å². The van der Waals surface area contributed by atoms with Crippen molar-refractivity contribution in [3.8, 4) is 0 Å². The van der Waals surface area contributed by atoms with Crippen LogP contribution in [0.1, 0.15) is 39.2 Å². The second kappa shape index (κ2) is 8.70. The molecule has 5 nitrogen and oxygen atoms in total. The first-order valence-electron chi connectivity index (χ1n) is 8.88. The molecule has 1 aliphatic carbocycles. The number of nitrogens with zero attached hydrogens (tertiary/aromatic N) is 1. The number of amides is 1. The lowest BCUT2D eigenvalue weighted by Gasteiger charge is -2.32. The quantitative estimate of drug-likeness (QED) is 0.829. The lowest BCUT2D eigenvalue weighted by Crippen LogP contribution is -2.49. The molecule has 1 aliphatic rings. The normalized spacial score (nSPS) is 15.1. The highest BCUT2D eigenvalue weighted by Crippen LogP contribution is 2.19. The maximum atomic E-state index is 12.8. The van der Waals surface area contributed by atoms with Crippen molar-refractivity contribution < 1.29 is 19.4 Å². The number of allylic oxidation sites excluding steroid dienone is 2. The predicted octanol–water partition coefficient (Wildman–Crippen LogP) is 4.20. The molecule has 0 aliphatic heterocycles. The molecule has 1 aromatic rings. The highest BCUT2D eigenvalue weighted by atomic mass is 16.6. The molecule has 0 bridgehead atoms. The highest BCUT2D eigenvalue weighted by Gasteiger charge is 2.33. The Balaban J connectivity index is 2.28. The summed E-state index contributed by atoms with van der Waals surface area (Å²) in [6.07, 6.45) is 7.50. The molecule has 0 spiro atoms. The number of carbonyl (C=O) groups is 2. The Morgan fingerprint density at radius 1 is 1.19 bits per heavy atom. The molecule has 140 valence electrons. The average Bonchev–Trinajstić information content (AvgIpc) is 2.58. The molecule has 0 saturated carbocycles. The van der Waals surface area contributed by atoms with Gasteiger partial charge in [0, 0.05) is 13.0 Å². The first kappa shape index (κ1) is 19.8. The van der Waals surface area contributed by atoms with Crippen LogP contribution in [-0.4, -0.2) is 40.3 Å². The minimum absolute atomic E-state index is 0.217. The zero-order valence-corrected chi connectivity index (χ0v) is 15.6. The number of rotatable bonds is 6. The molecule has 1 amide bonds. The van der Waals surface area contributed by atoms with E-state index in [1.54, 1.807) is 20.8 Å². The summed E-state index contributed by atoms with van der Waals surface area (Å²) in [6, 6.07) is 8.33. The van der Waals surface area contributed by atoms with Gasteiger partial charge in [0.25, 0.3) is 0 Å². The fourth-order valence-electron chi connectivity index (χ4n) is 2.77. The summed E-state index contributed by atoms with van der Waals surface area (Å²) in [4.78, 5) is 26.0. The summed E-state index contributed by atoms with van der Waals surface area (Å²) >= 11 is 0. The first-order chi connectivity index (χ1) is 12.3. The summed E-state index contributed by atoms with van der Waals surface area (Å²) in [5.41, 5.74) is 1.10. The summed E-state index contributed by atoms with van der Waals surface area (Å²) in [6.45, 7) is 5.54. The summed E-state index contributed by atoms with van der Waals surface area (Å²) < 4.78 is 5.48. The summed E-state index contributed by atoms with van der Waals surface area (Å²) in [5, 5.41) is 9.79. The number of carboxylic acids is 1. The molecule has 0 aromatic heterocycles. The minimum Gasteiger partial charge on any atom is -0.480 e. The molecule has 5 heteroatoms. The topological polar surface area (TPSA) is 66.8 Å². The largest absolute Gasteiger partial charge is 0.480 e. The van der Waals surface area contributed by atoms with Crippen LogP contribution in [-0.2, 0) is 16.0 Å². The Morgan fingerprint density at radius 2 is 1.88 bits per heavy atom.